The van der Waals surface area contributed by atoms with Crippen LogP contribution in [0.1, 0.15) is 19.3 Å². The van der Waals surface area contributed by atoms with Crippen LogP contribution >= 0.6 is 22.6 Å². The Bertz CT molecular complexity index is 133. The average Bonchev–Trinajstić information content (AvgIpc) is 2.12. The van der Waals surface area contributed by atoms with Crippen LogP contribution in [0.2, 0.25) is 19.6 Å². The van der Waals surface area contributed by atoms with E-state index in [4.69, 9.17) is 4.43 Å². The fourth-order valence-corrected chi connectivity index (χ4v) is 3.88. The minimum absolute atomic E-state index is 0.572. The van der Waals surface area contributed by atoms with Crippen molar-refractivity contribution in [3.05, 3.63) is 0 Å². The quantitative estimate of drug-likeness (QED) is 0.430. The maximum Gasteiger partial charge on any atom is 0.184 e. The highest BCUT2D eigenvalue weighted by molar-refractivity contribution is 14.1. The molecule has 11 heavy (non-hydrogen) atoms. The largest absolute Gasteiger partial charge is 0.414 e. The van der Waals surface area contributed by atoms with Crippen molar-refractivity contribution in [3.8, 4) is 0 Å². The molecular weight excluding hydrogens is 267 g/mol. The molecule has 0 amide bonds. The normalized spacial score (nSPS) is 32.7. The summed E-state index contributed by atoms with van der Waals surface area (Å²) >= 11 is 2.53. The lowest BCUT2D eigenvalue weighted by Crippen LogP contribution is -2.34. The van der Waals surface area contributed by atoms with E-state index >= 15 is 0 Å². The molecule has 0 aliphatic heterocycles. The van der Waals surface area contributed by atoms with Crippen molar-refractivity contribution in [2.24, 2.45) is 0 Å². The molecule has 0 spiro atoms. The van der Waals surface area contributed by atoms with Crippen molar-refractivity contribution in [3.63, 3.8) is 0 Å². The lowest BCUT2D eigenvalue weighted by atomic mass is 10.3. The first-order chi connectivity index (χ1) is 4.99. The molecule has 1 aliphatic rings. The summed E-state index contributed by atoms with van der Waals surface area (Å²) in [7, 11) is -1.27. The number of alkyl halides is 1. The van der Waals surface area contributed by atoms with Crippen LogP contribution in [0.3, 0.4) is 0 Å². The standard InChI is InChI=1S/C8H17IOSi/c1-11(2,3)10-8-6-4-5-7(8)9/h7-8H,4-6H2,1-3H3. The van der Waals surface area contributed by atoms with Gasteiger partial charge in [-0.3, -0.25) is 0 Å². The van der Waals surface area contributed by atoms with Gasteiger partial charge >= 0.3 is 0 Å². The molecule has 1 aliphatic carbocycles. The monoisotopic (exact) mass is 284 g/mol. The highest BCUT2D eigenvalue weighted by Gasteiger charge is 2.29. The molecule has 2 atom stereocenters. The van der Waals surface area contributed by atoms with Gasteiger partial charge in [0.05, 0.1) is 6.10 Å². The van der Waals surface area contributed by atoms with E-state index in [0.717, 1.165) is 3.92 Å². The van der Waals surface area contributed by atoms with Gasteiger partial charge in [-0.25, -0.2) is 0 Å². The van der Waals surface area contributed by atoms with Crippen LogP contribution in [0.5, 0.6) is 0 Å². The third-order valence-electron chi connectivity index (χ3n) is 1.88. The molecule has 1 nitrogen and oxygen atoms in total. The third kappa shape index (κ3) is 3.42. The van der Waals surface area contributed by atoms with Crippen LogP contribution in [0.4, 0.5) is 0 Å². The summed E-state index contributed by atoms with van der Waals surface area (Å²) in [5, 5.41) is 0. The summed E-state index contributed by atoms with van der Waals surface area (Å²) in [6, 6.07) is 0. The summed E-state index contributed by atoms with van der Waals surface area (Å²) in [4.78, 5) is 0. The Morgan fingerprint density at radius 3 is 2.27 bits per heavy atom. The molecule has 1 rings (SSSR count). The van der Waals surface area contributed by atoms with Gasteiger partial charge in [-0.1, -0.05) is 22.6 Å². The fraction of sp³-hybridized carbons (Fsp3) is 1.00. The minimum Gasteiger partial charge on any atom is -0.414 e. The molecule has 1 fully saturated rings. The van der Waals surface area contributed by atoms with Crippen LogP contribution in [0.15, 0.2) is 0 Å². The summed E-state index contributed by atoms with van der Waals surface area (Å²) in [5.41, 5.74) is 0. The summed E-state index contributed by atoms with van der Waals surface area (Å²) in [6.45, 7) is 6.82. The Balaban J connectivity index is 2.37. The third-order valence-corrected chi connectivity index (χ3v) is 4.31. The molecular formula is C8H17IOSi. The van der Waals surface area contributed by atoms with Crippen molar-refractivity contribution in [1.29, 1.82) is 0 Å². The van der Waals surface area contributed by atoms with Crippen LogP contribution in [0, 0.1) is 0 Å². The second-order valence-electron chi connectivity index (χ2n) is 4.22. The minimum atomic E-state index is -1.27. The first-order valence-corrected chi connectivity index (χ1v) is 8.96. The summed E-state index contributed by atoms with van der Waals surface area (Å²) in [5.74, 6) is 0. The summed E-state index contributed by atoms with van der Waals surface area (Å²) < 4.78 is 6.82. The van der Waals surface area contributed by atoms with Crippen LogP contribution < -0.4 is 0 Å². The maximum absolute atomic E-state index is 6.04. The molecule has 2 unspecified atom stereocenters. The Kier molecular flexibility index (Phi) is 3.40. The molecule has 3 heteroatoms. The van der Waals surface area contributed by atoms with E-state index in [9.17, 15) is 0 Å². The number of hydrogen-bond acceptors (Lipinski definition) is 1. The lowest BCUT2D eigenvalue weighted by Gasteiger charge is -2.25. The van der Waals surface area contributed by atoms with Gasteiger partial charge in [0.2, 0.25) is 0 Å². The van der Waals surface area contributed by atoms with E-state index in [1.165, 1.54) is 19.3 Å². The van der Waals surface area contributed by atoms with Gasteiger partial charge in [-0.2, -0.15) is 0 Å². The predicted molar refractivity (Wildman–Crippen MR) is 59.9 cm³/mol. The van der Waals surface area contributed by atoms with Crippen molar-refractivity contribution >= 4 is 30.9 Å². The molecule has 0 aromatic carbocycles. The van der Waals surface area contributed by atoms with Gasteiger partial charge in [-0.05, 0) is 38.9 Å². The molecule has 0 N–H and O–H groups in total. The average molecular weight is 284 g/mol. The second-order valence-corrected chi connectivity index (χ2v) is 10.3. The van der Waals surface area contributed by atoms with E-state index < -0.39 is 8.32 Å². The second kappa shape index (κ2) is 3.74. The van der Waals surface area contributed by atoms with Gasteiger partial charge < -0.3 is 4.43 Å². The molecule has 1 saturated carbocycles. The first kappa shape index (κ1) is 9.99. The number of halogens is 1. The van der Waals surface area contributed by atoms with Crippen molar-refractivity contribution in [2.45, 2.75) is 48.9 Å². The predicted octanol–water partition coefficient (Wildman–Crippen LogP) is 3.19. The van der Waals surface area contributed by atoms with E-state index in [-0.39, 0.29) is 0 Å². The topological polar surface area (TPSA) is 9.23 Å². The van der Waals surface area contributed by atoms with Crippen molar-refractivity contribution in [2.75, 3.05) is 0 Å². The Morgan fingerprint density at radius 1 is 1.27 bits per heavy atom. The number of rotatable bonds is 2. The molecule has 0 bridgehead atoms. The zero-order chi connectivity index (χ0) is 8.48. The highest BCUT2D eigenvalue weighted by atomic mass is 127. The SMILES string of the molecule is C[Si](C)(C)OC1CCCC1I. The smallest absolute Gasteiger partial charge is 0.184 e. The van der Waals surface area contributed by atoms with Crippen LogP contribution in [-0.4, -0.2) is 18.3 Å². The molecule has 0 radical (unpaired) electrons. The van der Waals surface area contributed by atoms with Gasteiger partial charge in [0.15, 0.2) is 8.32 Å². The van der Waals surface area contributed by atoms with Gasteiger partial charge in [0.25, 0.3) is 0 Å². The molecule has 66 valence electrons. The highest BCUT2D eigenvalue weighted by Crippen LogP contribution is 2.30. The van der Waals surface area contributed by atoms with E-state index in [2.05, 4.69) is 42.2 Å². The van der Waals surface area contributed by atoms with E-state index in [1.807, 2.05) is 0 Å². The number of hydrogen-bond donors (Lipinski definition) is 0. The zero-order valence-electron chi connectivity index (χ0n) is 7.56. The Morgan fingerprint density at radius 2 is 1.91 bits per heavy atom. The van der Waals surface area contributed by atoms with Gasteiger partial charge in [0.1, 0.15) is 0 Å². The van der Waals surface area contributed by atoms with Crippen molar-refractivity contribution < 1.29 is 4.43 Å². The van der Waals surface area contributed by atoms with Gasteiger partial charge in [0, 0.05) is 3.92 Å². The maximum atomic E-state index is 6.04. The zero-order valence-corrected chi connectivity index (χ0v) is 10.7. The molecule has 0 heterocycles. The lowest BCUT2D eigenvalue weighted by molar-refractivity contribution is 0.211. The van der Waals surface area contributed by atoms with E-state index in [0.29, 0.717) is 6.10 Å². The first-order valence-electron chi connectivity index (χ1n) is 4.31. The van der Waals surface area contributed by atoms with Crippen molar-refractivity contribution in [1.82, 2.24) is 0 Å². The molecule has 0 saturated heterocycles. The van der Waals surface area contributed by atoms with Crippen LogP contribution in [-0.2, 0) is 4.43 Å². The fourth-order valence-electron chi connectivity index (χ4n) is 1.47. The van der Waals surface area contributed by atoms with E-state index in [1.54, 1.807) is 0 Å². The summed E-state index contributed by atoms with van der Waals surface area (Å²) in [6.07, 6.45) is 4.58. The molecule has 0 aromatic rings. The Labute approximate surface area is 84.2 Å². The van der Waals surface area contributed by atoms with Crippen LogP contribution in [0.25, 0.3) is 0 Å². The Hall–Kier alpha value is 0.907. The van der Waals surface area contributed by atoms with Gasteiger partial charge in [-0.15, -0.1) is 0 Å². The molecule has 0 aromatic heterocycles.